The Hall–Kier alpha value is -0.490. The molecule has 0 amide bonds. The van der Waals surface area contributed by atoms with E-state index in [-0.39, 0.29) is 0 Å². The van der Waals surface area contributed by atoms with E-state index in [9.17, 15) is 0 Å². The van der Waals surface area contributed by atoms with E-state index in [0.29, 0.717) is 5.92 Å². The minimum Gasteiger partial charge on any atom is -0.0841 e. The first-order chi connectivity index (χ1) is 7.68. The van der Waals surface area contributed by atoms with Crippen molar-refractivity contribution in [3.8, 4) is 0 Å². The maximum Gasteiger partial charge on any atom is 0.0435 e. The van der Waals surface area contributed by atoms with Gasteiger partial charge in [0, 0.05) is 5.02 Å². The van der Waals surface area contributed by atoms with Crippen molar-refractivity contribution in [2.24, 2.45) is 5.92 Å². The molecule has 1 aliphatic carbocycles. The molecule has 1 aromatic rings. The molecule has 1 fully saturated rings. The fraction of sp³-hybridized carbons (Fsp3) is 0.600. The van der Waals surface area contributed by atoms with Crippen molar-refractivity contribution in [3.05, 3.63) is 34.3 Å². The van der Waals surface area contributed by atoms with Crippen LogP contribution in [0.15, 0.2) is 18.2 Å². The average Bonchev–Trinajstić information content (AvgIpc) is 2.22. The van der Waals surface area contributed by atoms with E-state index in [0.717, 1.165) is 10.9 Å². The maximum absolute atomic E-state index is 6.01. The number of aryl methyl sites for hydroxylation is 1. The van der Waals surface area contributed by atoms with E-state index in [1.807, 2.05) is 19.9 Å². The van der Waals surface area contributed by atoms with Gasteiger partial charge in [0.15, 0.2) is 0 Å². The van der Waals surface area contributed by atoms with Crippen LogP contribution >= 0.6 is 11.6 Å². The monoisotopic (exact) mass is 238 g/mol. The normalized spacial score (nSPS) is 17.1. The van der Waals surface area contributed by atoms with Gasteiger partial charge in [0.05, 0.1) is 0 Å². The Kier molecular flexibility index (Phi) is 5.34. The first kappa shape index (κ1) is 13.6. The summed E-state index contributed by atoms with van der Waals surface area (Å²) in [4.78, 5) is 0. The zero-order chi connectivity index (χ0) is 12.1. The van der Waals surface area contributed by atoms with Gasteiger partial charge < -0.3 is 0 Å². The van der Waals surface area contributed by atoms with Gasteiger partial charge in [0.2, 0.25) is 0 Å². The lowest BCUT2D eigenvalue weighted by atomic mass is 9.74. The zero-order valence-corrected chi connectivity index (χ0v) is 11.6. The zero-order valence-electron chi connectivity index (χ0n) is 10.9. The molecule has 0 radical (unpaired) electrons. The van der Waals surface area contributed by atoms with Crippen molar-refractivity contribution >= 4 is 11.6 Å². The van der Waals surface area contributed by atoms with Crippen LogP contribution in [0.1, 0.15) is 57.1 Å². The Morgan fingerprint density at radius 2 is 1.88 bits per heavy atom. The SMILES string of the molecule is CC.Cc1cc(C(C)C2CCC2)ccc1Cl. The maximum atomic E-state index is 6.01. The van der Waals surface area contributed by atoms with Crippen molar-refractivity contribution in [1.29, 1.82) is 0 Å². The summed E-state index contributed by atoms with van der Waals surface area (Å²) in [6, 6.07) is 6.45. The number of halogens is 1. The number of hydrogen-bond acceptors (Lipinski definition) is 0. The predicted octanol–water partition coefficient (Wildman–Crippen LogP) is 5.58. The molecular weight excluding hydrogens is 216 g/mol. The van der Waals surface area contributed by atoms with Gasteiger partial charge in [-0.2, -0.15) is 0 Å². The molecule has 1 saturated carbocycles. The highest BCUT2D eigenvalue weighted by Crippen LogP contribution is 2.39. The fourth-order valence-corrected chi connectivity index (χ4v) is 2.28. The molecule has 0 nitrogen and oxygen atoms in total. The van der Waals surface area contributed by atoms with E-state index >= 15 is 0 Å². The molecule has 1 aliphatic rings. The van der Waals surface area contributed by atoms with Gasteiger partial charge in [-0.05, 0) is 48.8 Å². The van der Waals surface area contributed by atoms with Crippen LogP contribution in [0, 0.1) is 12.8 Å². The second-order valence-corrected chi connectivity index (χ2v) is 4.90. The Morgan fingerprint density at radius 1 is 1.25 bits per heavy atom. The van der Waals surface area contributed by atoms with Crippen LogP contribution in [-0.2, 0) is 0 Å². The van der Waals surface area contributed by atoms with Gasteiger partial charge in [-0.1, -0.05) is 50.9 Å². The van der Waals surface area contributed by atoms with Crippen LogP contribution in [0.2, 0.25) is 5.02 Å². The van der Waals surface area contributed by atoms with E-state index in [4.69, 9.17) is 11.6 Å². The third kappa shape index (κ3) is 3.01. The topological polar surface area (TPSA) is 0 Å². The second-order valence-electron chi connectivity index (χ2n) is 4.49. The van der Waals surface area contributed by atoms with Gasteiger partial charge in [0.25, 0.3) is 0 Å². The number of hydrogen-bond donors (Lipinski definition) is 0. The Bertz CT molecular complexity index is 326. The van der Waals surface area contributed by atoms with Crippen LogP contribution in [0.4, 0.5) is 0 Å². The molecule has 1 unspecified atom stereocenters. The summed E-state index contributed by atoms with van der Waals surface area (Å²) in [5.74, 6) is 1.62. The quantitative estimate of drug-likeness (QED) is 0.631. The third-order valence-electron chi connectivity index (χ3n) is 3.56. The smallest absolute Gasteiger partial charge is 0.0435 e. The first-order valence-corrected chi connectivity index (χ1v) is 6.82. The van der Waals surface area contributed by atoms with Crippen molar-refractivity contribution in [2.75, 3.05) is 0 Å². The van der Waals surface area contributed by atoms with Crippen LogP contribution in [0.25, 0.3) is 0 Å². The van der Waals surface area contributed by atoms with Crippen LogP contribution in [0.5, 0.6) is 0 Å². The summed E-state index contributed by atoms with van der Waals surface area (Å²) in [5, 5.41) is 0.884. The largest absolute Gasteiger partial charge is 0.0841 e. The van der Waals surface area contributed by atoms with Crippen molar-refractivity contribution in [2.45, 2.75) is 52.9 Å². The molecule has 0 heterocycles. The standard InChI is InChI=1S/C13H17Cl.C2H6/c1-9-8-12(6-7-13(9)14)10(2)11-4-3-5-11;1-2/h6-8,10-11H,3-5H2,1-2H3;1-2H3. The fourth-order valence-electron chi connectivity index (χ4n) is 2.16. The lowest BCUT2D eigenvalue weighted by Crippen LogP contribution is -2.18. The summed E-state index contributed by atoms with van der Waals surface area (Å²) in [7, 11) is 0. The molecule has 0 aliphatic heterocycles. The van der Waals surface area contributed by atoms with Crippen molar-refractivity contribution in [3.63, 3.8) is 0 Å². The molecule has 0 N–H and O–H groups in total. The van der Waals surface area contributed by atoms with Crippen LogP contribution in [-0.4, -0.2) is 0 Å². The van der Waals surface area contributed by atoms with Gasteiger partial charge >= 0.3 is 0 Å². The van der Waals surface area contributed by atoms with Gasteiger partial charge in [-0.25, -0.2) is 0 Å². The summed E-state index contributed by atoms with van der Waals surface area (Å²) in [6.45, 7) is 8.42. The van der Waals surface area contributed by atoms with Crippen molar-refractivity contribution < 1.29 is 0 Å². The average molecular weight is 239 g/mol. The van der Waals surface area contributed by atoms with E-state index in [2.05, 4.69) is 26.0 Å². The predicted molar refractivity (Wildman–Crippen MR) is 73.3 cm³/mol. The van der Waals surface area contributed by atoms with E-state index in [1.165, 1.54) is 30.4 Å². The number of rotatable bonds is 2. The lowest BCUT2D eigenvalue weighted by molar-refractivity contribution is 0.272. The molecule has 0 saturated heterocycles. The lowest BCUT2D eigenvalue weighted by Gasteiger charge is -2.32. The minimum absolute atomic E-state index is 0.708. The molecule has 1 aromatic carbocycles. The molecular formula is C15H23Cl. The van der Waals surface area contributed by atoms with Crippen molar-refractivity contribution in [1.82, 2.24) is 0 Å². The van der Waals surface area contributed by atoms with Gasteiger partial charge in [-0.15, -0.1) is 0 Å². The second kappa shape index (κ2) is 6.30. The Balaban J connectivity index is 0.000000606. The molecule has 2 rings (SSSR count). The van der Waals surface area contributed by atoms with E-state index in [1.54, 1.807) is 0 Å². The van der Waals surface area contributed by atoms with Crippen LogP contribution < -0.4 is 0 Å². The molecule has 16 heavy (non-hydrogen) atoms. The summed E-state index contributed by atoms with van der Waals surface area (Å²) < 4.78 is 0. The molecule has 0 aromatic heterocycles. The Labute approximate surface area is 105 Å². The summed E-state index contributed by atoms with van der Waals surface area (Å²) in [5.41, 5.74) is 2.66. The molecule has 1 atom stereocenters. The third-order valence-corrected chi connectivity index (χ3v) is 3.99. The highest BCUT2D eigenvalue weighted by molar-refractivity contribution is 6.31. The summed E-state index contributed by atoms with van der Waals surface area (Å²) >= 11 is 6.01. The highest BCUT2D eigenvalue weighted by atomic mass is 35.5. The molecule has 90 valence electrons. The van der Waals surface area contributed by atoms with Crippen LogP contribution in [0.3, 0.4) is 0 Å². The molecule has 0 spiro atoms. The summed E-state index contributed by atoms with van der Waals surface area (Å²) in [6.07, 6.45) is 4.23. The molecule has 0 bridgehead atoms. The van der Waals surface area contributed by atoms with Gasteiger partial charge in [0.1, 0.15) is 0 Å². The minimum atomic E-state index is 0.708. The highest BCUT2D eigenvalue weighted by Gasteiger charge is 2.24. The number of benzene rings is 1. The first-order valence-electron chi connectivity index (χ1n) is 6.44. The molecule has 1 heteroatoms. The van der Waals surface area contributed by atoms with Gasteiger partial charge in [-0.3, -0.25) is 0 Å². The Morgan fingerprint density at radius 3 is 2.31 bits per heavy atom. The van der Waals surface area contributed by atoms with E-state index < -0.39 is 0 Å².